The summed E-state index contributed by atoms with van der Waals surface area (Å²) in [6, 6.07) is 0.201. The average Bonchev–Trinajstić information content (AvgIpc) is 2.33. The minimum Gasteiger partial charge on any atom is -0.392 e. The Balaban J connectivity index is 1.76. The summed E-state index contributed by atoms with van der Waals surface area (Å²) in [4.78, 5) is 0. The van der Waals surface area contributed by atoms with Gasteiger partial charge in [0, 0.05) is 12.6 Å². The van der Waals surface area contributed by atoms with Gasteiger partial charge in [0.25, 0.3) is 0 Å². The summed E-state index contributed by atoms with van der Waals surface area (Å²) in [6.07, 6.45) is 8.16. The molecule has 2 fully saturated rings. The van der Waals surface area contributed by atoms with Gasteiger partial charge in [-0.3, -0.25) is 0 Å². The standard InChI is InChI=1S/C14H27NO2/c1-11-6-8-14(17,9-7-11)10-15-12-4-2-3-5-13(12)16/h11-13,15-17H,2-10H2,1H3/t11?,12-,13-,14?/m0/s1. The van der Waals surface area contributed by atoms with E-state index >= 15 is 0 Å². The van der Waals surface area contributed by atoms with Crippen LogP contribution in [0.15, 0.2) is 0 Å². The van der Waals surface area contributed by atoms with Crippen molar-refractivity contribution in [1.29, 1.82) is 0 Å². The molecule has 2 saturated carbocycles. The minimum absolute atomic E-state index is 0.201. The maximum atomic E-state index is 10.5. The number of rotatable bonds is 3. The molecule has 0 saturated heterocycles. The molecule has 0 aromatic carbocycles. The van der Waals surface area contributed by atoms with Crippen LogP contribution >= 0.6 is 0 Å². The van der Waals surface area contributed by atoms with Gasteiger partial charge in [-0.05, 0) is 44.4 Å². The van der Waals surface area contributed by atoms with Gasteiger partial charge in [0.1, 0.15) is 0 Å². The van der Waals surface area contributed by atoms with Gasteiger partial charge in [-0.2, -0.15) is 0 Å². The van der Waals surface area contributed by atoms with Crippen LogP contribution in [0.1, 0.15) is 58.3 Å². The Morgan fingerprint density at radius 3 is 2.41 bits per heavy atom. The number of hydrogen-bond donors (Lipinski definition) is 3. The molecule has 3 N–H and O–H groups in total. The smallest absolute Gasteiger partial charge is 0.0771 e. The van der Waals surface area contributed by atoms with Gasteiger partial charge in [0.2, 0.25) is 0 Å². The summed E-state index contributed by atoms with van der Waals surface area (Å²) in [6.45, 7) is 2.92. The van der Waals surface area contributed by atoms with E-state index in [1.54, 1.807) is 0 Å². The van der Waals surface area contributed by atoms with Crippen molar-refractivity contribution in [2.45, 2.75) is 76.0 Å². The van der Waals surface area contributed by atoms with Gasteiger partial charge in [-0.25, -0.2) is 0 Å². The van der Waals surface area contributed by atoms with Crippen LogP contribution in [0, 0.1) is 5.92 Å². The molecule has 0 unspecified atom stereocenters. The van der Waals surface area contributed by atoms with Crippen molar-refractivity contribution < 1.29 is 10.2 Å². The number of aliphatic hydroxyl groups is 2. The molecule has 0 aromatic rings. The molecule has 0 aliphatic heterocycles. The Hall–Kier alpha value is -0.120. The highest BCUT2D eigenvalue weighted by molar-refractivity contribution is 4.89. The van der Waals surface area contributed by atoms with Gasteiger partial charge in [-0.1, -0.05) is 19.8 Å². The fraction of sp³-hybridized carbons (Fsp3) is 1.00. The van der Waals surface area contributed by atoms with Crippen molar-refractivity contribution in [3.63, 3.8) is 0 Å². The number of aliphatic hydroxyl groups excluding tert-OH is 1. The van der Waals surface area contributed by atoms with Crippen LogP contribution in [0.4, 0.5) is 0 Å². The molecule has 0 heterocycles. The van der Waals surface area contributed by atoms with Crippen molar-refractivity contribution in [2.24, 2.45) is 5.92 Å². The molecule has 2 aliphatic rings. The highest BCUT2D eigenvalue weighted by atomic mass is 16.3. The monoisotopic (exact) mass is 241 g/mol. The molecule has 2 rings (SSSR count). The van der Waals surface area contributed by atoms with E-state index in [2.05, 4.69) is 12.2 Å². The predicted molar refractivity (Wildman–Crippen MR) is 68.8 cm³/mol. The first-order valence-corrected chi connectivity index (χ1v) is 7.23. The van der Waals surface area contributed by atoms with Gasteiger partial charge < -0.3 is 15.5 Å². The molecule has 3 heteroatoms. The number of nitrogens with one attached hydrogen (secondary N) is 1. The van der Waals surface area contributed by atoms with Crippen LogP contribution in [-0.2, 0) is 0 Å². The zero-order valence-electron chi connectivity index (χ0n) is 11.0. The first-order valence-electron chi connectivity index (χ1n) is 7.23. The lowest BCUT2D eigenvalue weighted by Gasteiger charge is -2.37. The van der Waals surface area contributed by atoms with Gasteiger partial charge >= 0.3 is 0 Å². The second-order valence-corrected chi connectivity index (χ2v) is 6.25. The van der Waals surface area contributed by atoms with E-state index in [0.717, 1.165) is 50.9 Å². The van der Waals surface area contributed by atoms with Crippen LogP contribution in [0.5, 0.6) is 0 Å². The predicted octanol–water partition coefficient (Wildman–Crippen LogP) is 1.82. The lowest BCUT2D eigenvalue weighted by molar-refractivity contribution is -0.0152. The third-order valence-electron chi connectivity index (χ3n) is 4.63. The van der Waals surface area contributed by atoms with Gasteiger partial charge in [-0.15, -0.1) is 0 Å². The summed E-state index contributed by atoms with van der Waals surface area (Å²) in [7, 11) is 0. The molecule has 0 amide bonds. The largest absolute Gasteiger partial charge is 0.392 e. The van der Waals surface area contributed by atoms with Crippen molar-refractivity contribution in [3.05, 3.63) is 0 Å². The van der Waals surface area contributed by atoms with Crippen molar-refractivity contribution in [2.75, 3.05) is 6.54 Å². The van der Waals surface area contributed by atoms with E-state index in [1.165, 1.54) is 6.42 Å². The normalized spacial score (nSPS) is 43.6. The Morgan fingerprint density at radius 2 is 1.76 bits per heavy atom. The van der Waals surface area contributed by atoms with Crippen LogP contribution in [-0.4, -0.2) is 34.5 Å². The second kappa shape index (κ2) is 5.68. The Morgan fingerprint density at radius 1 is 1.12 bits per heavy atom. The van der Waals surface area contributed by atoms with Crippen molar-refractivity contribution in [1.82, 2.24) is 5.32 Å². The molecule has 2 atom stereocenters. The maximum absolute atomic E-state index is 10.5. The SMILES string of the molecule is CC1CCC(O)(CN[C@H]2CCCC[C@@H]2O)CC1. The van der Waals surface area contributed by atoms with Crippen LogP contribution in [0.3, 0.4) is 0 Å². The Bertz CT molecular complexity index is 236. The van der Waals surface area contributed by atoms with E-state index in [0.29, 0.717) is 6.54 Å². The summed E-state index contributed by atoms with van der Waals surface area (Å²) >= 11 is 0. The summed E-state index contributed by atoms with van der Waals surface area (Å²) in [5, 5.41) is 23.7. The number of hydrogen-bond acceptors (Lipinski definition) is 3. The summed E-state index contributed by atoms with van der Waals surface area (Å²) in [5.74, 6) is 0.760. The molecule has 2 aliphatic carbocycles. The molecule has 17 heavy (non-hydrogen) atoms. The average molecular weight is 241 g/mol. The molecule has 0 aromatic heterocycles. The molecule has 100 valence electrons. The Kier molecular flexibility index (Phi) is 4.45. The fourth-order valence-corrected chi connectivity index (χ4v) is 3.15. The van der Waals surface area contributed by atoms with Crippen molar-refractivity contribution in [3.8, 4) is 0 Å². The highest BCUT2D eigenvalue weighted by Crippen LogP contribution is 2.31. The van der Waals surface area contributed by atoms with Gasteiger partial charge in [0.15, 0.2) is 0 Å². The quantitative estimate of drug-likeness (QED) is 0.706. The third kappa shape index (κ3) is 3.67. The fourth-order valence-electron chi connectivity index (χ4n) is 3.15. The van der Waals surface area contributed by atoms with Gasteiger partial charge in [0.05, 0.1) is 11.7 Å². The molecular formula is C14H27NO2. The lowest BCUT2D eigenvalue weighted by Crippen LogP contribution is -2.50. The second-order valence-electron chi connectivity index (χ2n) is 6.25. The van der Waals surface area contributed by atoms with Crippen LogP contribution in [0.2, 0.25) is 0 Å². The zero-order valence-corrected chi connectivity index (χ0v) is 11.0. The molecule has 0 bridgehead atoms. The molecule has 0 radical (unpaired) electrons. The molecule has 0 spiro atoms. The van der Waals surface area contributed by atoms with E-state index < -0.39 is 5.60 Å². The summed E-state index contributed by atoms with van der Waals surface area (Å²) in [5.41, 5.74) is -0.524. The van der Waals surface area contributed by atoms with Crippen LogP contribution < -0.4 is 5.32 Å². The van der Waals surface area contributed by atoms with E-state index in [9.17, 15) is 10.2 Å². The van der Waals surface area contributed by atoms with E-state index in [1.807, 2.05) is 0 Å². The minimum atomic E-state index is -0.524. The lowest BCUT2D eigenvalue weighted by atomic mass is 9.79. The Labute approximate surface area is 105 Å². The van der Waals surface area contributed by atoms with Crippen molar-refractivity contribution >= 4 is 0 Å². The first kappa shape index (κ1) is 13.3. The maximum Gasteiger partial charge on any atom is 0.0771 e. The zero-order chi connectivity index (χ0) is 12.3. The van der Waals surface area contributed by atoms with E-state index in [4.69, 9.17) is 0 Å². The van der Waals surface area contributed by atoms with Crippen LogP contribution in [0.25, 0.3) is 0 Å². The topological polar surface area (TPSA) is 52.5 Å². The first-order chi connectivity index (χ1) is 8.09. The molecule has 3 nitrogen and oxygen atoms in total. The highest BCUT2D eigenvalue weighted by Gasteiger charge is 2.33. The molecular weight excluding hydrogens is 214 g/mol. The summed E-state index contributed by atoms with van der Waals surface area (Å²) < 4.78 is 0. The third-order valence-corrected chi connectivity index (χ3v) is 4.63. The van der Waals surface area contributed by atoms with E-state index in [-0.39, 0.29) is 12.1 Å².